The van der Waals surface area contributed by atoms with Gasteiger partial charge in [0.25, 0.3) is 0 Å². The fraction of sp³-hybridized carbons (Fsp3) is 0.286. The summed E-state index contributed by atoms with van der Waals surface area (Å²) < 4.78 is 11.3. The Morgan fingerprint density at radius 1 is 1.69 bits per heavy atom. The molecule has 0 amide bonds. The van der Waals surface area contributed by atoms with Crippen LogP contribution in [0.15, 0.2) is 23.4 Å². The summed E-state index contributed by atoms with van der Waals surface area (Å²) in [7, 11) is -1.49. The van der Waals surface area contributed by atoms with Gasteiger partial charge in [0.05, 0.1) is 16.6 Å². The highest BCUT2D eigenvalue weighted by atomic mass is 32.2. The largest absolute Gasteiger partial charge is 0.479 e. The van der Waals surface area contributed by atoms with E-state index < -0.39 is 22.9 Å². The van der Waals surface area contributed by atoms with Gasteiger partial charge in [0, 0.05) is 6.20 Å². The van der Waals surface area contributed by atoms with E-state index in [1.807, 2.05) is 0 Å². The van der Waals surface area contributed by atoms with Crippen molar-refractivity contribution in [3.8, 4) is 0 Å². The molecule has 1 aromatic rings. The van der Waals surface area contributed by atoms with E-state index in [1.54, 1.807) is 18.3 Å². The summed E-state index contributed by atoms with van der Waals surface area (Å²) in [6, 6.07) is 3.23. The molecule has 0 aliphatic heterocycles. The van der Waals surface area contributed by atoms with Crippen molar-refractivity contribution in [2.75, 3.05) is 5.75 Å². The highest BCUT2D eigenvalue weighted by Gasteiger charge is 2.17. The van der Waals surface area contributed by atoms with Gasteiger partial charge in [-0.3, -0.25) is 4.21 Å². The van der Waals surface area contributed by atoms with Crippen molar-refractivity contribution in [1.29, 1.82) is 0 Å². The second-order valence-electron chi connectivity index (χ2n) is 2.40. The zero-order valence-corrected chi connectivity index (χ0v) is 7.45. The van der Waals surface area contributed by atoms with E-state index in [-0.39, 0.29) is 5.75 Å². The van der Waals surface area contributed by atoms with Crippen molar-refractivity contribution >= 4 is 16.8 Å². The van der Waals surface area contributed by atoms with Crippen LogP contribution in [0.2, 0.25) is 0 Å². The number of aromatic amines is 1. The number of aliphatic hydroxyl groups is 1. The summed E-state index contributed by atoms with van der Waals surface area (Å²) in [6.07, 6.45) is 0.00421. The summed E-state index contributed by atoms with van der Waals surface area (Å²) in [4.78, 5) is 12.9. The first-order valence-corrected chi connectivity index (χ1v) is 4.86. The Morgan fingerprint density at radius 2 is 2.38 bits per heavy atom. The molecular weight excluding hydrogens is 194 g/mol. The van der Waals surface area contributed by atoms with E-state index in [4.69, 9.17) is 10.2 Å². The fourth-order valence-electron chi connectivity index (χ4n) is 0.760. The average molecular weight is 203 g/mol. The molecule has 0 aliphatic carbocycles. The van der Waals surface area contributed by atoms with Gasteiger partial charge < -0.3 is 15.2 Å². The first-order chi connectivity index (χ1) is 6.11. The van der Waals surface area contributed by atoms with Gasteiger partial charge in [0.1, 0.15) is 5.03 Å². The second kappa shape index (κ2) is 4.20. The molecular formula is C7H9NO4S. The lowest BCUT2D eigenvalue weighted by atomic mass is 10.4. The first kappa shape index (κ1) is 9.94. The van der Waals surface area contributed by atoms with E-state index in [9.17, 15) is 9.00 Å². The molecule has 3 N–H and O–H groups in total. The number of aromatic nitrogens is 1. The van der Waals surface area contributed by atoms with Gasteiger partial charge in [-0.25, -0.2) is 4.79 Å². The van der Waals surface area contributed by atoms with E-state index in [0.29, 0.717) is 5.03 Å². The Kier molecular flexibility index (Phi) is 3.21. The number of nitrogens with one attached hydrogen (secondary N) is 1. The van der Waals surface area contributed by atoms with Gasteiger partial charge in [0.2, 0.25) is 0 Å². The van der Waals surface area contributed by atoms with Crippen molar-refractivity contribution in [2.45, 2.75) is 11.1 Å². The second-order valence-corrected chi connectivity index (χ2v) is 3.86. The number of hydrogen-bond donors (Lipinski definition) is 3. The molecule has 5 nitrogen and oxygen atoms in total. The third kappa shape index (κ3) is 2.67. The molecule has 1 rings (SSSR count). The maximum Gasteiger partial charge on any atom is 0.333 e. The number of carboxylic acid groups (broad SMARTS) is 1. The lowest BCUT2D eigenvalue weighted by Crippen LogP contribution is -2.26. The van der Waals surface area contributed by atoms with Crippen LogP contribution in [0, 0.1) is 0 Å². The molecule has 2 unspecified atom stereocenters. The molecule has 72 valence electrons. The zero-order valence-electron chi connectivity index (χ0n) is 6.64. The van der Waals surface area contributed by atoms with Crippen molar-refractivity contribution in [2.24, 2.45) is 0 Å². The van der Waals surface area contributed by atoms with Crippen LogP contribution in [0.25, 0.3) is 0 Å². The Morgan fingerprint density at radius 3 is 2.85 bits per heavy atom. The average Bonchev–Trinajstić information content (AvgIpc) is 2.55. The number of hydrogen-bond acceptors (Lipinski definition) is 3. The molecule has 6 heteroatoms. The predicted molar refractivity (Wildman–Crippen MR) is 45.7 cm³/mol. The summed E-state index contributed by atoms with van der Waals surface area (Å²) in [5.74, 6) is -1.66. The van der Waals surface area contributed by atoms with Crippen molar-refractivity contribution in [3.05, 3.63) is 18.3 Å². The van der Waals surface area contributed by atoms with E-state index in [0.717, 1.165) is 0 Å². The van der Waals surface area contributed by atoms with Crippen molar-refractivity contribution < 1.29 is 19.2 Å². The Bertz CT molecular complexity index is 308. The summed E-state index contributed by atoms with van der Waals surface area (Å²) in [5.41, 5.74) is 0. The molecule has 0 fully saturated rings. The van der Waals surface area contributed by atoms with Gasteiger partial charge in [-0.1, -0.05) is 0 Å². The standard InChI is InChI=1S/C7H9NO4S/c9-5(7(10)11)4-13(12)6-2-1-3-8-6/h1-3,5,8-9H,4H2,(H,10,11). The van der Waals surface area contributed by atoms with Gasteiger partial charge in [-0.15, -0.1) is 0 Å². The van der Waals surface area contributed by atoms with Crippen LogP contribution in [0.4, 0.5) is 0 Å². The molecule has 0 spiro atoms. The first-order valence-electron chi connectivity index (χ1n) is 3.54. The Hall–Kier alpha value is -1.14. The van der Waals surface area contributed by atoms with E-state index >= 15 is 0 Å². The highest BCUT2D eigenvalue weighted by molar-refractivity contribution is 7.85. The van der Waals surface area contributed by atoms with Gasteiger partial charge in [-0.05, 0) is 12.1 Å². The van der Waals surface area contributed by atoms with Crippen LogP contribution in [0.5, 0.6) is 0 Å². The number of carboxylic acids is 1. The van der Waals surface area contributed by atoms with Crippen LogP contribution in [-0.2, 0) is 15.6 Å². The fourth-order valence-corrected chi connectivity index (χ4v) is 1.80. The van der Waals surface area contributed by atoms with E-state index in [2.05, 4.69) is 4.98 Å². The van der Waals surface area contributed by atoms with Gasteiger partial charge in [0.15, 0.2) is 6.10 Å². The van der Waals surface area contributed by atoms with Crippen LogP contribution in [0.1, 0.15) is 0 Å². The minimum absolute atomic E-state index is 0.296. The van der Waals surface area contributed by atoms with Crippen molar-refractivity contribution in [1.82, 2.24) is 4.98 Å². The Labute approximate surface area is 76.9 Å². The molecule has 13 heavy (non-hydrogen) atoms. The monoisotopic (exact) mass is 203 g/mol. The third-order valence-electron chi connectivity index (χ3n) is 1.41. The maximum atomic E-state index is 11.3. The maximum absolute atomic E-state index is 11.3. The SMILES string of the molecule is O=C(O)C(O)CS(=O)c1ccc[nH]1. The minimum atomic E-state index is -1.58. The molecule has 0 bridgehead atoms. The summed E-state index contributed by atoms with van der Waals surface area (Å²) in [5, 5.41) is 17.6. The number of H-pyrrole nitrogens is 1. The molecule has 0 saturated carbocycles. The van der Waals surface area contributed by atoms with Crippen LogP contribution in [-0.4, -0.2) is 37.2 Å². The minimum Gasteiger partial charge on any atom is -0.479 e. The third-order valence-corrected chi connectivity index (χ3v) is 2.77. The van der Waals surface area contributed by atoms with Crippen molar-refractivity contribution in [3.63, 3.8) is 0 Å². The quantitative estimate of drug-likeness (QED) is 0.619. The molecule has 0 aliphatic rings. The number of aliphatic hydroxyl groups excluding tert-OH is 1. The Balaban J connectivity index is 2.56. The zero-order chi connectivity index (χ0) is 9.84. The summed E-state index contributed by atoms with van der Waals surface area (Å²) in [6.45, 7) is 0. The topological polar surface area (TPSA) is 90.4 Å². The highest BCUT2D eigenvalue weighted by Crippen LogP contribution is 2.03. The summed E-state index contributed by atoms with van der Waals surface area (Å²) >= 11 is 0. The lowest BCUT2D eigenvalue weighted by molar-refractivity contribution is -0.145. The van der Waals surface area contributed by atoms with Crippen LogP contribution >= 0.6 is 0 Å². The van der Waals surface area contributed by atoms with Gasteiger partial charge in [-0.2, -0.15) is 0 Å². The van der Waals surface area contributed by atoms with Crippen LogP contribution in [0.3, 0.4) is 0 Å². The molecule has 1 aromatic heterocycles. The molecule has 1 heterocycles. The molecule has 0 saturated heterocycles. The van der Waals surface area contributed by atoms with Gasteiger partial charge >= 0.3 is 5.97 Å². The normalized spacial score (nSPS) is 15.2. The molecule has 0 radical (unpaired) electrons. The predicted octanol–water partition coefficient (Wildman–Crippen LogP) is -0.432. The number of aliphatic carboxylic acids is 1. The van der Waals surface area contributed by atoms with E-state index in [1.165, 1.54) is 0 Å². The number of carbonyl (C=O) groups is 1. The molecule has 2 atom stereocenters. The molecule has 0 aromatic carbocycles. The van der Waals surface area contributed by atoms with Crippen LogP contribution < -0.4 is 0 Å². The smallest absolute Gasteiger partial charge is 0.333 e. The lowest BCUT2D eigenvalue weighted by Gasteiger charge is -2.03. The number of rotatable bonds is 4.